The fourth-order valence-electron chi connectivity index (χ4n) is 3.56. The first-order valence-electron chi connectivity index (χ1n) is 8.10. The van der Waals surface area contributed by atoms with Gasteiger partial charge in [0.2, 0.25) is 5.91 Å². The van der Waals surface area contributed by atoms with Gasteiger partial charge in [-0.3, -0.25) is 10.2 Å². The molecule has 0 saturated carbocycles. The average molecular weight is 339 g/mol. The number of benzene rings is 1. The molecule has 1 aromatic rings. The number of anilines is 1. The summed E-state index contributed by atoms with van der Waals surface area (Å²) in [5.41, 5.74) is 14.0. The van der Waals surface area contributed by atoms with Gasteiger partial charge in [0.1, 0.15) is 0 Å². The molecule has 7 heteroatoms. The van der Waals surface area contributed by atoms with Crippen molar-refractivity contribution in [3.05, 3.63) is 28.8 Å². The van der Waals surface area contributed by atoms with E-state index in [1.54, 1.807) is 0 Å². The van der Waals surface area contributed by atoms with Gasteiger partial charge in [0, 0.05) is 29.9 Å². The van der Waals surface area contributed by atoms with E-state index in [-0.39, 0.29) is 30.5 Å². The van der Waals surface area contributed by atoms with E-state index in [2.05, 4.69) is 10.9 Å². The Morgan fingerprint density at radius 3 is 2.87 bits per heavy atom. The molecule has 1 fully saturated rings. The van der Waals surface area contributed by atoms with Gasteiger partial charge in [-0.2, -0.15) is 0 Å². The highest BCUT2D eigenvalue weighted by Crippen LogP contribution is 2.43. The van der Waals surface area contributed by atoms with Crippen molar-refractivity contribution in [2.24, 2.45) is 11.7 Å². The van der Waals surface area contributed by atoms with Gasteiger partial charge in [0.15, 0.2) is 0 Å². The third-order valence-electron chi connectivity index (χ3n) is 4.64. The quantitative estimate of drug-likeness (QED) is 0.620. The van der Waals surface area contributed by atoms with Gasteiger partial charge < -0.3 is 15.7 Å². The molecule has 2 aliphatic heterocycles. The highest BCUT2D eigenvalue weighted by Gasteiger charge is 2.47. The first-order valence-corrected chi connectivity index (χ1v) is 8.48. The zero-order chi connectivity index (χ0) is 16.4. The molecule has 5 N–H and O–H groups in total. The molecule has 126 valence electrons. The van der Waals surface area contributed by atoms with Gasteiger partial charge in [0.25, 0.3) is 0 Å². The number of nitrogens with two attached hydrogens (primary N) is 1. The van der Waals surface area contributed by atoms with Crippen LogP contribution in [0.15, 0.2) is 18.2 Å². The second-order valence-corrected chi connectivity index (χ2v) is 6.54. The number of aliphatic hydroxyl groups is 1. The van der Waals surface area contributed by atoms with E-state index in [0.717, 1.165) is 24.1 Å². The van der Waals surface area contributed by atoms with Crippen molar-refractivity contribution < 1.29 is 9.90 Å². The maximum Gasteiger partial charge on any atom is 0.233 e. The third kappa shape index (κ3) is 3.09. The molecule has 0 aliphatic carbocycles. The highest BCUT2D eigenvalue weighted by atomic mass is 35.5. The molecule has 0 bridgehead atoms. The molecule has 2 aliphatic rings. The van der Waals surface area contributed by atoms with Crippen molar-refractivity contribution in [1.29, 1.82) is 0 Å². The predicted molar refractivity (Wildman–Crippen MR) is 90.1 cm³/mol. The molecule has 6 nitrogen and oxygen atoms in total. The van der Waals surface area contributed by atoms with E-state index >= 15 is 0 Å². The monoisotopic (exact) mass is 338 g/mol. The van der Waals surface area contributed by atoms with Crippen LogP contribution >= 0.6 is 11.6 Å². The Labute approximate surface area is 140 Å². The van der Waals surface area contributed by atoms with Crippen molar-refractivity contribution in [2.45, 2.75) is 31.3 Å². The summed E-state index contributed by atoms with van der Waals surface area (Å²) in [4.78, 5) is 14.9. The van der Waals surface area contributed by atoms with Crippen LogP contribution in [0, 0.1) is 5.92 Å². The number of halogens is 1. The number of hydrogen-bond acceptors (Lipinski definition) is 5. The molecule has 0 aromatic heterocycles. The molecule has 0 spiro atoms. The van der Waals surface area contributed by atoms with E-state index in [0.29, 0.717) is 24.5 Å². The smallest absolute Gasteiger partial charge is 0.233 e. The van der Waals surface area contributed by atoms with Crippen LogP contribution in [0.25, 0.3) is 0 Å². The maximum atomic E-state index is 13.0. The number of fused-ring (bicyclic) bond motifs is 3. The van der Waals surface area contributed by atoms with Crippen LogP contribution in [0.4, 0.5) is 5.69 Å². The minimum atomic E-state index is -0.190. The number of hydrogen-bond donors (Lipinski definition) is 4. The highest BCUT2D eigenvalue weighted by molar-refractivity contribution is 6.30. The van der Waals surface area contributed by atoms with E-state index in [1.807, 2.05) is 23.1 Å². The topological polar surface area (TPSA) is 90.6 Å². The average Bonchev–Trinajstić information content (AvgIpc) is 2.97. The predicted octanol–water partition coefficient (Wildman–Crippen LogP) is 0.942. The van der Waals surface area contributed by atoms with Crippen molar-refractivity contribution in [1.82, 2.24) is 10.9 Å². The number of aliphatic hydroxyl groups excluding tert-OH is 1. The summed E-state index contributed by atoms with van der Waals surface area (Å²) < 4.78 is 0. The lowest BCUT2D eigenvalue weighted by molar-refractivity contribution is -0.123. The third-order valence-corrected chi connectivity index (χ3v) is 4.88. The van der Waals surface area contributed by atoms with Crippen LogP contribution in [0.2, 0.25) is 5.02 Å². The molecule has 3 rings (SSSR count). The van der Waals surface area contributed by atoms with Crippen molar-refractivity contribution >= 4 is 23.2 Å². The summed E-state index contributed by atoms with van der Waals surface area (Å²) in [6, 6.07) is 5.57. The first-order chi connectivity index (χ1) is 11.2. The number of carbonyl (C=O) groups is 1. The van der Waals surface area contributed by atoms with Crippen molar-refractivity contribution in [3.8, 4) is 0 Å². The normalized spacial score (nSPS) is 26.3. The van der Waals surface area contributed by atoms with Crippen LogP contribution in [-0.4, -0.2) is 36.8 Å². The summed E-state index contributed by atoms with van der Waals surface area (Å²) >= 11 is 6.17. The second kappa shape index (κ2) is 7.15. The van der Waals surface area contributed by atoms with Crippen LogP contribution in [0.1, 0.15) is 30.9 Å². The number of carbonyl (C=O) groups excluding carboxylic acids is 1. The fraction of sp³-hybridized carbons (Fsp3) is 0.562. The lowest BCUT2D eigenvalue weighted by Gasteiger charge is -2.37. The first kappa shape index (κ1) is 16.7. The zero-order valence-corrected chi connectivity index (χ0v) is 13.7. The van der Waals surface area contributed by atoms with Gasteiger partial charge in [-0.1, -0.05) is 11.6 Å². The number of nitrogens with one attached hydrogen (secondary N) is 2. The summed E-state index contributed by atoms with van der Waals surface area (Å²) in [5, 5.41) is 9.74. The number of hydrazine groups is 1. The summed E-state index contributed by atoms with van der Waals surface area (Å²) in [6.07, 6.45) is 2.17. The molecular formula is C16H23ClN4O2. The molecule has 1 saturated heterocycles. The van der Waals surface area contributed by atoms with Gasteiger partial charge in [-0.05, 0) is 49.6 Å². The van der Waals surface area contributed by atoms with Gasteiger partial charge in [-0.25, -0.2) is 5.43 Å². The van der Waals surface area contributed by atoms with Gasteiger partial charge in [-0.15, -0.1) is 0 Å². The van der Waals surface area contributed by atoms with Crippen LogP contribution in [-0.2, 0) is 4.79 Å². The van der Waals surface area contributed by atoms with Crippen LogP contribution in [0.3, 0.4) is 0 Å². The Morgan fingerprint density at radius 1 is 1.30 bits per heavy atom. The lowest BCUT2D eigenvalue weighted by atomic mass is 9.82. The number of amides is 1. The van der Waals surface area contributed by atoms with Gasteiger partial charge >= 0.3 is 0 Å². The Balaban J connectivity index is 1.95. The Hall–Kier alpha value is -1.18. The summed E-state index contributed by atoms with van der Waals surface area (Å²) in [6.45, 7) is 1.29. The molecule has 1 aromatic carbocycles. The van der Waals surface area contributed by atoms with E-state index in [1.165, 1.54) is 0 Å². The Kier molecular flexibility index (Phi) is 5.18. The number of rotatable bonds is 6. The summed E-state index contributed by atoms with van der Waals surface area (Å²) in [5.74, 6) is -0.0796. The van der Waals surface area contributed by atoms with Crippen LogP contribution in [0.5, 0.6) is 0 Å². The van der Waals surface area contributed by atoms with E-state index < -0.39 is 0 Å². The van der Waals surface area contributed by atoms with Crippen LogP contribution < -0.4 is 21.5 Å². The van der Waals surface area contributed by atoms with Crippen molar-refractivity contribution in [3.63, 3.8) is 0 Å². The molecule has 0 radical (unpaired) electrons. The Morgan fingerprint density at radius 2 is 2.13 bits per heavy atom. The fourth-order valence-corrected chi connectivity index (χ4v) is 3.74. The summed E-state index contributed by atoms with van der Waals surface area (Å²) in [7, 11) is 0. The minimum Gasteiger partial charge on any atom is -0.396 e. The molecule has 2 heterocycles. The standard InChI is InChI=1S/C16H23ClN4O2/c17-10-4-5-13-11(9-10)15-14(12(19-20-15)3-1-8-22)16(23)21(13)7-2-6-18/h4-5,9,12,14-15,19-20,22H,1-3,6-8,18H2. The maximum absolute atomic E-state index is 13.0. The van der Waals surface area contributed by atoms with Gasteiger partial charge in [0.05, 0.1) is 12.0 Å². The van der Waals surface area contributed by atoms with Crippen molar-refractivity contribution in [2.75, 3.05) is 24.6 Å². The second-order valence-electron chi connectivity index (χ2n) is 6.10. The molecular weight excluding hydrogens is 316 g/mol. The molecule has 23 heavy (non-hydrogen) atoms. The lowest BCUT2D eigenvalue weighted by Crippen LogP contribution is -2.47. The largest absolute Gasteiger partial charge is 0.396 e. The van der Waals surface area contributed by atoms with E-state index in [4.69, 9.17) is 22.4 Å². The zero-order valence-electron chi connectivity index (χ0n) is 13.0. The molecule has 3 unspecified atom stereocenters. The molecule has 3 atom stereocenters. The number of nitrogens with zero attached hydrogens (tertiary/aromatic N) is 1. The Bertz CT molecular complexity index is 583. The minimum absolute atomic E-state index is 0.00663. The molecule has 1 amide bonds. The SMILES string of the molecule is NCCCN1C(=O)C2C(CCCO)NNC2c2cc(Cl)ccc21. The van der Waals surface area contributed by atoms with E-state index in [9.17, 15) is 4.79 Å².